The van der Waals surface area contributed by atoms with Gasteiger partial charge in [-0.3, -0.25) is 14.2 Å². The molecule has 0 spiro atoms. The van der Waals surface area contributed by atoms with Crippen LogP contribution in [0.4, 0.5) is 10.1 Å². The number of rotatable bonds is 6. The third-order valence-corrected chi connectivity index (χ3v) is 8.06. The summed E-state index contributed by atoms with van der Waals surface area (Å²) in [5.41, 5.74) is 2.45. The van der Waals surface area contributed by atoms with Crippen LogP contribution in [-0.2, 0) is 14.3 Å². The lowest BCUT2D eigenvalue weighted by Crippen LogP contribution is -2.40. The van der Waals surface area contributed by atoms with Crippen molar-refractivity contribution >= 4 is 46.4 Å². The Balaban J connectivity index is 1.55. The molecule has 0 unspecified atom stereocenters. The maximum absolute atomic E-state index is 14.1. The molecule has 3 aromatic carbocycles. The van der Waals surface area contributed by atoms with E-state index in [2.05, 4.69) is 5.10 Å². The summed E-state index contributed by atoms with van der Waals surface area (Å²) in [6.07, 6.45) is 1.60. The predicted octanol–water partition coefficient (Wildman–Crippen LogP) is 4.07. The van der Waals surface area contributed by atoms with Crippen molar-refractivity contribution in [2.75, 3.05) is 11.6 Å². The molecule has 0 saturated heterocycles. The van der Waals surface area contributed by atoms with Gasteiger partial charge >= 0.3 is 5.97 Å². The fraction of sp³-hybridized carbons (Fsp3) is 0.156. The number of anilines is 1. The Hall–Kier alpha value is -4.96. The van der Waals surface area contributed by atoms with Gasteiger partial charge in [0, 0.05) is 5.56 Å². The number of fused-ring (bicyclic) bond motifs is 1. The first-order chi connectivity index (χ1) is 20.4. The van der Waals surface area contributed by atoms with E-state index in [0.717, 1.165) is 11.3 Å². The van der Waals surface area contributed by atoms with Crippen molar-refractivity contribution < 1.29 is 18.7 Å². The lowest BCUT2D eigenvalue weighted by molar-refractivity contribution is -0.138. The lowest BCUT2D eigenvalue weighted by atomic mass is 9.93. The summed E-state index contributed by atoms with van der Waals surface area (Å²) < 4.78 is 21.1. The largest absolute Gasteiger partial charge is 0.463 e. The summed E-state index contributed by atoms with van der Waals surface area (Å²) in [5, 5.41) is 5.78. The number of halogens is 1. The minimum absolute atomic E-state index is 0.116. The van der Waals surface area contributed by atoms with Crippen LogP contribution in [0.1, 0.15) is 31.0 Å². The molecule has 2 aliphatic heterocycles. The highest BCUT2D eigenvalue weighted by molar-refractivity contribution is 7.07. The molecule has 6 rings (SSSR count). The summed E-state index contributed by atoms with van der Waals surface area (Å²) in [6, 6.07) is 22.9. The molecule has 0 saturated carbocycles. The number of esters is 1. The molecule has 0 aliphatic carbocycles. The predicted molar refractivity (Wildman–Crippen MR) is 159 cm³/mol. The molecular formula is C32H25FN4O4S. The number of benzene rings is 3. The number of nitrogens with zero attached hydrogens (tertiary/aromatic N) is 4. The second-order valence-corrected chi connectivity index (χ2v) is 10.7. The molecule has 2 atom stereocenters. The van der Waals surface area contributed by atoms with Crippen molar-refractivity contribution in [3.63, 3.8) is 0 Å². The standard InChI is InChI=1S/C32H25FN4O4S/c1-3-41-31(40)26-27(20-10-6-4-7-11-20)34-32-36(28(26)21-14-16-22(33)17-15-21)30(39)25(42-32)18-24-19(2)35-37(29(24)38)23-12-8-5-9-13-23/h4-18,24,28H,3H2,1-2H3/b25-18+/t24-,28-/m0/s1. The van der Waals surface area contributed by atoms with Gasteiger partial charge in [0.05, 0.1) is 39.9 Å². The van der Waals surface area contributed by atoms with Crippen LogP contribution < -0.4 is 19.9 Å². The van der Waals surface area contributed by atoms with Gasteiger partial charge in [-0.05, 0) is 49.8 Å². The maximum Gasteiger partial charge on any atom is 0.338 e. The van der Waals surface area contributed by atoms with Gasteiger partial charge in [0.15, 0.2) is 4.80 Å². The van der Waals surface area contributed by atoms with E-state index in [-0.39, 0.29) is 22.6 Å². The molecule has 2 aliphatic rings. The Kier molecular flexibility index (Phi) is 7.22. The van der Waals surface area contributed by atoms with Crippen LogP contribution in [-0.4, -0.2) is 28.8 Å². The van der Waals surface area contributed by atoms with Crippen molar-refractivity contribution in [1.82, 2.24) is 4.57 Å². The van der Waals surface area contributed by atoms with Gasteiger partial charge < -0.3 is 4.74 Å². The second-order valence-electron chi connectivity index (χ2n) is 9.71. The van der Waals surface area contributed by atoms with Gasteiger partial charge in [0.1, 0.15) is 11.7 Å². The van der Waals surface area contributed by atoms with Crippen molar-refractivity contribution in [2.45, 2.75) is 19.9 Å². The van der Waals surface area contributed by atoms with Crippen LogP contribution in [0.25, 0.3) is 11.8 Å². The van der Waals surface area contributed by atoms with Gasteiger partial charge in [0.25, 0.3) is 11.5 Å². The van der Waals surface area contributed by atoms with Crippen LogP contribution >= 0.6 is 11.3 Å². The number of hydrogen-bond donors (Lipinski definition) is 0. The van der Waals surface area contributed by atoms with Gasteiger partial charge in [-0.2, -0.15) is 10.1 Å². The van der Waals surface area contributed by atoms with E-state index >= 15 is 0 Å². The van der Waals surface area contributed by atoms with Gasteiger partial charge in [-0.25, -0.2) is 14.2 Å². The molecule has 10 heteroatoms. The molecule has 8 nitrogen and oxygen atoms in total. The molecule has 1 aromatic heterocycles. The highest BCUT2D eigenvalue weighted by Gasteiger charge is 2.36. The number of ether oxygens (including phenoxy) is 1. The average Bonchev–Trinajstić information content (AvgIpc) is 3.48. The van der Waals surface area contributed by atoms with Crippen LogP contribution in [0, 0.1) is 11.7 Å². The summed E-state index contributed by atoms with van der Waals surface area (Å²) in [7, 11) is 0. The second kappa shape index (κ2) is 11.1. The van der Waals surface area contributed by atoms with E-state index in [1.54, 1.807) is 44.2 Å². The van der Waals surface area contributed by atoms with Gasteiger partial charge in [-0.1, -0.05) is 72.0 Å². The number of amides is 1. The molecule has 210 valence electrons. The lowest BCUT2D eigenvalue weighted by Gasteiger charge is -2.25. The number of hydrazone groups is 1. The molecule has 3 heterocycles. The molecule has 0 N–H and O–H groups in total. The Morgan fingerprint density at radius 1 is 1.00 bits per heavy atom. The highest BCUT2D eigenvalue weighted by Crippen LogP contribution is 2.35. The zero-order valence-electron chi connectivity index (χ0n) is 22.7. The van der Waals surface area contributed by atoms with E-state index in [0.29, 0.717) is 33.0 Å². The third-order valence-electron chi connectivity index (χ3n) is 7.06. The van der Waals surface area contributed by atoms with Gasteiger partial charge in [-0.15, -0.1) is 0 Å². The first-order valence-corrected chi connectivity index (χ1v) is 14.2. The molecule has 0 bridgehead atoms. The third kappa shape index (κ3) is 4.79. The minimum atomic E-state index is -0.937. The minimum Gasteiger partial charge on any atom is -0.463 e. The summed E-state index contributed by atoms with van der Waals surface area (Å²) in [5.74, 6) is -2.12. The zero-order chi connectivity index (χ0) is 29.4. The van der Waals surface area contributed by atoms with Crippen molar-refractivity contribution in [3.8, 4) is 0 Å². The van der Waals surface area contributed by atoms with E-state index in [4.69, 9.17) is 9.73 Å². The number of thiazole rings is 1. The first kappa shape index (κ1) is 27.2. The average molecular weight is 581 g/mol. The number of para-hydroxylation sites is 1. The summed E-state index contributed by atoms with van der Waals surface area (Å²) >= 11 is 1.12. The molecule has 0 fully saturated rings. The Labute approximate surface area is 244 Å². The summed E-state index contributed by atoms with van der Waals surface area (Å²) in [6.45, 7) is 3.56. The van der Waals surface area contributed by atoms with Crippen molar-refractivity contribution in [2.24, 2.45) is 16.0 Å². The Bertz CT molecular complexity index is 1930. The zero-order valence-corrected chi connectivity index (χ0v) is 23.5. The Morgan fingerprint density at radius 3 is 2.33 bits per heavy atom. The van der Waals surface area contributed by atoms with E-state index in [1.165, 1.54) is 21.7 Å². The molecule has 42 heavy (non-hydrogen) atoms. The van der Waals surface area contributed by atoms with E-state index < -0.39 is 29.3 Å². The monoisotopic (exact) mass is 580 g/mol. The molecular weight excluding hydrogens is 555 g/mol. The summed E-state index contributed by atoms with van der Waals surface area (Å²) in [4.78, 5) is 46.1. The highest BCUT2D eigenvalue weighted by atomic mass is 32.1. The van der Waals surface area contributed by atoms with Crippen LogP contribution in [0.5, 0.6) is 0 Å². The molecule has 0 radical (unpaired) electrons. The molecule has 4 aromatic rings. The fourth-order valence-electron chi connectivity index (χ4n) is 5.09. The fourth-order valence-corrected chi connectivity index (χ4v) is 6.10. The quantitative estimate of drug-likeness (QED) is 0.322. The van der Waals surface area contributed by atoms with Gasteiger partial charge in [0.2, 0.25) is 0 Å². The SMILES string of the molecule is CCOC(=O)C1=C(c2ccccc2)N=c2s/c(=C/[C@@H]3C(=O)N(c4ccccc4)N=C3C)c(=O)n2[C@H]1c1ccc(F)cc1. The van der Waals surface area contributed by atoms with Crippen molar-refractivity contribution in [1.29, 1.82) is 0 Å². The molecule has 1 amide bonds. The van der Waals surface area contributed by atoms with E-state index in [9.17, 15) is 18.8 Å². The van der Waals surface area contributed by atoms with Crippen LogP contribution in [0.3, 0.4) is 0 Å². The number of aromatic nitrogens is 1. The first-order valence-electron chi connectivity index (χ1n) is 13.4. The smallest absolute Gasteiger partial charge is 0.338 e. The number of hydrogen-bond acceptors (Lipinski definition) is 7. The van der Waals surface area contributed by atoms with Crippen LogP contribution in [0.2, 0.25) is 0 Å². The number of carbonyl (C=O) groups is 2. The Morgan fingerprint density at radius 2 is 1.67 bits per heavy atom. The maximum atomic E-state index is 14.1. The number of carbonyl (C=O) groups excluding carboxylic acids is 2. The van der Waals surface area contributed by atoms with E-state index in [1.807, 2.05) is 48.5 Å². The topological polar surface area (TPSA) is 93.3 Å². The van der Waals surface area contributed by atoms with Crippen LogP contribution in [0.15, 0.2) is 105 Å². The van der Waals surface area contributed by atoms with Crippen molar-refractivity contribution in [3.05, 3.63) is 127 Å². The normalized spacial score (nSPS) is 18.5.